The smallest absolute Gasteiger partial charge is 0.0830 e. The average Bonchev–Trinajstić information content (AvgIpc) is 2.41. The highest BCUT2D eigenvalue weighted by Crippen LogP contribution is 2.21. The van der Waals surface area contributed by atoms with Crippen molar-refractivity contribution >= 4 is 11.6 Å². The summed E-state index contributed by atoms with van der Waals surface area (Å²) in [5.41, 5.74) is 3.36. The molecule has 0 aliphatic carbocycles. The summed E-state index contributed by atoms with van der Waals surface area (Å²) in [6, 6.07) is 15.9. The summed E-state index contributed by atoms with van der Waals surface area (Å²) >= 11 is 5.87. The second-order valence-corrected chi connectivity index (χ2v) is 6.13. The zero-order chi connectivity index (χ0) is 14.5. The molecule has 0 aliphatic heterocycles. The average molecular weight is 289 g/mol. The molecular formula is C18H21ClO. The molecule has 0 fully saturated rings. The largest absolute Gasteiger partial charge is 0.388 e. The van der Waals surface area contributed by atoms with E-state index in [-0.39, 0.29) is 0 Å². The lowest BCUT2D eigenvalue weighted by atomic mass is 9.96. The van der Waals surface area contributed by atoms with Crippen LogP contribution in [0.15, 0.2) is 48.5 Å². The minimum atomic E-state index is -0.469. The van der Waals surface area contributed by atoms with Crippen LogP contribution in [0.1, 0.15) is 36.6 Å². The van der Waals surface area contributed by atoms with Crippen LogP contribution in [0.3, 0.4) is 0 Å². The van der Waals surface area contributed by atoms with Gasteiger partial charge in [-0.25, -0.2) is 0 Å². The summed E-state index contributed by atoms with van der Waals surface area (Å²) in [5, 5.41) is 11.1. The molecule has 106 valence electrons. The molecule has 0 aromatic heterocycles. The molecule has 1 atom stereocenters. The topological polar surface area (TPSA) is 20.2 Å². The molecule has 0 radical (unpaired) electrons. The first-order valence-corrected chi connectivity index (χ1v) is 7.43. The molecule has 2 aromatic carbocycles. The van der Waals surface area contributed by atoms with Crippen molar-refractivity contribution in [2.45, 2.75) is 32.8 Å². The molecule has 1 unspecified atom stereocenters. The van der Waals surface area contributed by atoms with Crippen LogP contribution in [-0.2, 0) is 12.8 Å². The summed E-state index contributed by atoms with van der Waals surface area (Å²) in [4.78, 5) is 0. The molecule has 0 amide bonds. The van der Waals surface area contributed by atoms with Crippen LogP contribution >= 0.6 is 11.6 Å². The van der Waals surface area contributed by atoms with E-state index in [1.165, 1.54) is 5.56 Å². The molecule has 0 bridgehead atoms. The Morgan fingerprint density at radius 3 is 2.30 bits per heavy atom. The first-order valence-electron chi connectivity index (χ1n) is 7.06. The second-order valence-electron chi connectivity index (χ2n) is 5.69. The van der Waals surface area contributed by atoms with Crippen LogP contribution in [0.2, 0.25) is 5.02 Å². The molecule has 20 heavy (non-hydrogen) atoms. The van der Waals surface area contributed by atoms with E-state index in [2.05, 4.69) is 26.0 Å². The lowest BCUT2D eigenvalue weighted by molar-refractivity contribution is 0.178. The lowest BCUT2D eigenvalue weighted by Crippen LogP contribution is -2.03. The Balaban J connectivity index is 2.08. The fourth-order valence-corrected chi connectivity index (χ4v) is 2.49. The lowest BCUT2D eigenvalue weighted by Gasteiger charge is -2.13. The molecular weight excluding hydrogens is 268 g/mol. The van der Waals surface area contributed by atoms with Crippen LogP contribution < -0.4 is 0 Å². The van der Waals surface area contributed by atoms with Gasteiger partial charge >= 0.3 is 0 Å². The highest BCUT2D eigenvalue weighted by molar-refractivity contribution is 6.30. The van der Waals surface area contributed by atoms with Gasteiger partial charge in [0.2, 0.25) is 0 Å². The monoisotopic (exact) mass is 288 g/mol. The van der Waals surface area contributed by atoms with E-state index >= 15 is 0 Å². The first kappa shape index (κ1) is 15.1. The number of hydrogen-bond acceptors (Lipinski definition) is 1. The molecule has 0 saturated heterocycles. The van der Waals surface area contributed by atoms with Crippen molar-refractivity contribution in [1.29, 1.82) is 0 Å². The third kappa shape index (κ3) is 4.36. The Morgan fingerprint density at radius 1 is 0.950 bits per heavy atom. The van der Waals surface area contributed by atoms with Gasteiger partial charge in [-0.1, -0.05) is 61.8 Å². The standard InChI is InChI=1S/C18H21ClO/c1-13(2)10-15-4-3-5-16(11-15)18(20)12-14-6-8-17(19)9-7-14/h3-9,11,13,18,20H,10,12H2,1-2H3. The van der Waals surface area contributed by atoms with Crippen LogP contribution in [-0.4, -0.2) is 5.11 Å². The zero-order valence-electron chi connectivity index (χ0n) is 12.0. The van der Waals surface area contributed by atoms with Gasteiger partial charge in [0.25, 0.3) is 0 Å². The van der Waals surface area contributed by atoms with E-state index in [0.29, 0.717) is 12.3 Å². The first-order chi connectivity index (χ1) is 9.54. The quantitative estimate of drug-likeness (QED) is 0.837. The van der Waals surface area contributed by atoms with Crippen LogP contribution in [0.4, 0.5) is 0 Å². The van der Waals surface area contributed by atoms with E-state index in [1.807, 2.05) is 36.4 Å². The van der Waals surface area contributed by atoms with Gasteiger partial charge in [0.05, 0.1) is 6.10 Å². The second kappa shape index (κ2) is 6.92. The zero-order valence-corrected chi connectivity index (χ0v) is 12.8. The Labute approximate surface area is 126 Å². The van der Waals surface area contributed by atoms with E-state index < -0.39 is 6.10 Å². The van der Waals surface area contributed by atoms with Crippen LogP contribution in [0.25, 0.3) is 0 Å². The maximum absolute atomic E-state index is 10.4. The maximum Gasteiger partial charge on any atom is 0.0830 e. The number of aliphatic hydroxyl groups is 1. The summed E-state index contributed by atoms with van der Waals surface area (Å²) < 4.78 is 0. The van der Waals surface area contributed by atoms with Crippen molar-refractivity contribution < 1.29 is 5.11 Å². The number of aliphatic hydroxyl groups excluding tert-OH is 1. The third-order valence-corrected chi connectivity index (χ3v) is 3.57. The van der Waals surface area contributed by atoms with Gasteiger partial charge in [0.15, 0.2) is 0 Å². The number of rotatable bonds is 5. The van der Waals surface area contributed by atoms with Gasteiger partial charge < -0.3 is 5.11 Å². The normalized spacial score (nSPS) is 12.7. The van der Waals surface area contributed by atoms with Crippen molar-refractivity contribution in [3.05, 3.63) is 70.2 Å². The molecule has 1 nitrogen and oxygen atoms in total. The van der Waals surface area contributed by atoms with Gasteiger partial charge in [-0.05, 0) is 41.2 Å². The van der Waals surface area contributed by atoms with Crippen molar-refractivity contribution in [2.24, 2.45) is 5.92 Å². The molecule has 2 rings (SSSR count). The minimum absolute atomic E-state index is 0.469. The Kier molecular flexibility index (Phi) is 5.22. The Bertz CT molecular complexity index is 546. The van der Waals surface area contributed by atoms with Gasteiger partial charge in [-0.15, -0.1) is 0 Å². The van der Waals surface area contributed by atoms with Crippen molar-refractivity contribution in [3.8, 4) is 0 Å². The predicted molar refractivity (Wildman–Crippen MR) is 85.1 cm³/mol. The Morgan fingerprint density at radius 2 is 1.65 bits per heavy atom. The van der Waals surface area contributed by atoms with Crippen molar-refractivity contribution in [1.82, 2.24) is 0 Å². The maximum atomic E-state index is 10.4. The molecule has 1 N–H and O–H groups in total. The van der Waals surface area contributed by atoms with E-state index in [9.17, 15) is 5.11 Å². The minimum Gasteiger partial charge on any atom is -0.388 e. The molecule has 0 saturated carbocycles. The van der Waals surface area contributed by atoms with Crippen LogP contribution in [0, 0.1) is 5.92 Å². The van der Waals surface area contributed by atoms with Crippen LogP contribution in [0.5, 0.6) is 0 Å². The van der Waals surface area contributed by atoms with Crippen molar-refractivity contribution in [2.75, 3.05) is 0 Å². The number of benzene rings is 2. The van der Waals surface area contributed by atoms with Gasteiger partial charge in [-0.3, -0.25) is 0 Å². The SMILES string of the molecule is CC(C)Cc1cccc(C(O)Cc2ccc(Cl)cc2)c1. The van der Waals surface area contributed by atoms with E-state index in [1.54, 1.807) is 0 Å². The molecule has 0 heterocycles. The van der Waals surface area contributed by atoms with Crippen molar-refractivity contribution in [3.63, 3.8) is 0 Å². The fraction of sp³-hybridized carbons (Fsp3) is 0.333. The van der Waals surface area contributed by atoms with Gasteiger partial charge in [0.1, 0.15) is 0 Å². The van der Waals surface area contributed by atoms with E-state index in [4.69, 9.17) is 11.6 Å². The molecule has 0 aliphatic rings. The van der Waals surface area contributed by atoms with Gasteiger partial charge in [0, 0.05) is 11.4 Å². The highest BCUT2D eigenvalue weighted by Gasteiger charge is 2.09. The molecule has 2 aromatic rings. The van der Waals surface area contributed by atoms with Gasteiger partial charge in [-0.2, -0.15) is 0 Å². The predicted octanol–water partition coefficient (Wildman–Crippen LogP) is 4.81. The fourth-order valence-electron chi connectivity index (χ4n) is 2.36. The molecule has 0 spiro atoms. The summed E-state index contributed by atoms with van der Waals surface area (Å²) in [6.45, 7) is 4.41. The summed E-state index contributed by atoms with van der Waals surface area (Å²) in [6.07, 6.45) is 1.19. The number of halogens is 1. The highest BCUT2D eigenvalue weighted by atomic mass is 35.5. The number of hydrogen-bond donors (Lipinski definition) is 1. The van der Waals surface area contributed by atoms with E-state index in [0.717, 1.165) is 22.6 Å². The molecule has 2 heteroatoms. The third-order valence-electron chi connectivity index (χ3n) is 3.32. The Hall–Kier alpha value is -1.31. The summed E-state index contributed by atoms with van der Waals surface area (Å²) in [7, 11) is 0. The summed E-state index contributed by atoms with van der Waals surface area (Å²) in [5.74, 6) is 0.624.